The van der Waals surface area contributed by atoms with Crippen LogP contribution < -0.4 is 10.2 Å². The summed E-state index contributed by atoms with van der Waals surface area (Å²) in [5.74, 6) is 1.33. The number of amides is 2. The Kier molecular flexibility index (Phi) is 7.71. The first-order valence-electron chi connectivity index (χ1n) is 11.5. The molecular weight excluding hydrogens is 416 g/mol. The van der Waals surface area contributed by atoms with Crippen molar-refractivity contribution in [3.63, 3.8) is 0 Å². The molecule has 1 aliphatic rings. The average molecular weight is 453 g/mol. The van der Waals surface area contributed by atoms with Crippen LogP contribution in [-0.4, -0.2) is 17.6 Å². The van der Waals surface area contributed by atoms with Crippen LogP contribution in [0.25, 0.3) is 0 Å². The van der Waals surface area contributed by atoms with E-state index in [1.54, 1.807) is 11.8 Å². The van der Waals surface area contributed by atoms with Crippen LogP contribution in [-0.2, 0) is 9.59 Å². The molecule has 1 N–H and O–H groups in total. The van der Waals surface area contributed by atoms with Crippen molar-refractivity contribution in [2.24, 2.45) is 11.3 Å². The highest BCUT2D eigenvalue weighted by molar-refractivity contribution is 8.00. The van der Waals surface area contributed by atoms with Crippen LogP contribution in [0.4, 0.5) is 11.4 Å². The van der Waals surface area contributed by atoms with E-state index < -0.39 is 0 Å². The van der Waals surface area contributed by atoms with Gasteiger partial charge in [0, 0.05) is 17.8 Å². The van der Waals surface area contributed by atoms with Crippen LogP contribution in [0.15, 0.2) is 48.5 Å². The van der Waals surface area contributed by atoms with E-state index in [9.17, 15) is 9.59 Å². The summed E-state index contributed by atoms with van der Waals surface area (Å²) in [6.45, 7) is 13.0. The number of carbonyl (C=O) groups is 2. The summed E-state index contributed by atoms with van der Waals surface area (Å²) in [5, 5.41) is 2.97. The van der Waals surface area contributed by atoms with Crippen molar-refractivity contribution in [1.82, 2.24) is 0 Å². The molecular formula is C27H36N2O2S. The molecule has 1 fully saturated rings. The molecule has 172 valence electrons. The molecule has 0 saturated carbocycles. The lowest BCUT2D eigenvalue weighted by Gasteiger charge is -2.27. The molecule has 1 aliphatic heterocycles. The minimum Gasteiger partial charge on any atom is -0.326 e. The van der Waals surface area contributed by atoms with Crippen LogP contribution in [0.5, 0.6) is 0 Å². The molecule has 3 rings (SSSR count). The highest BCUT2D eigenvalue weighted by Gasteiger charge is 2.35. The van der Waals surface area contributed by atoms with Gasteiger partial charge >= 0.3 is 0 Å². The lowest BCUT2D eigenvalue weighted by molar-refractivity contribution is -0.117. The van der Waals surface area contributed by atoms with Crippen LogP contribution in [0.2, 0.25) is 0 Å². The zero-order valence-corrected chi connectivity index (χ0v) is 21.0. The lowest BCUT2D eigenvalue weighted by atomic mass is 9.84. The van der Waals surface area contributed by atoms with E-state index in [4.69, 9.17) is 0 Å². The first-order chi connectivity index (χ1) is 15.0. The monoisotopic (exact) mass is 452 g/mol. The van der Waals surface area contributed by atoms with Crippen molar-refractivity contribution in [1.29, 1.82) is 0 Å². The molecule has 4 nitrogen and oxygen atoms in total. The number of nitrogens with one attached hydrogen (secondary N) is 1. The molecule has 2 atom stereocenters. The smallest absolute Gasteiger partial charge is 0.238 e. The number of hydrogen-bond donors (Lipinski definition) is 1. The van der Waals surface area contributed by atoms with Gasteiger partial charge in [-0.1, -0.05) is 71.9 Å². The Hall–Kier alpha value is -2.27. The molecule has 2 amide bonds. The van der Waals surface area contributed by atoms with Crippen molar-refractivity contribution in [2.45, 2.75) is 65.7 Å². The Labute approximate surface area is 197 Å². The van der Waals surface area contributed by atoms with Gasteiger partial charge in [-0.15, -0.1) is 11.8 Å². The standard InChI is InChI=1S/C27H36N2O2S/c1-18(2)22-9-7-8-10-23(22)29-25(31)17-32-26(29)20-11-13-21(14-12-20)28-24(30)15-19(3)16-27(4,5)6/h7-14,18-19,26H,15-17H2,1-6H3,(H,28,30)/t19-,26-/m0/s1. The number of anilines is 2. The van der Waals surface area contributed by atoms with Gasteiger partial charge in [-0.25, -0.2) is 0 Å². The second-order valence-electron chi connectivity index (χ2n) is 10.4. The SMILES string of the molecule is CC(C)c1ccccc1N1C(=O)CS[C@H]1c1ccc(NC(=O)C[C@H](C)CC(C)(C)C)cc1. The van der Waals surface area contributed by atoms with E-state index >= 15 is 0 Å². The molecule has 5 heteroatoms. The van der Waals surface area contributed by atoms with Gasteiger partial charge in [0.15, 0.2) is 0 Å². The van der Waals surface area contributed by atoms with E-state index in [2.05, 4.69) is 52.9 Å². The number of para-hydroxylation sites is 1. The zero-order chi connectivity index (χ0) is 23.5. The van der Waals surface area contributed by atoms with Crippen LogP contribution >= 0.6 is 11.8 Å². The van der Waals surface area contributed by atoms with Crippen molar-refractivity contribution in [3.05, 3.63) is 59.7 Å². The maximum atomic E-state index is 12.8. The summed E-state index contributed by atoms with van der Waals surface area (Å²) >= 11 is 1.65. The third-order valence-corrected chi connectivity index (χ3v) is 6.87. The molecule has 2 aromatic rings. The fraction of sp³-hybridized carbons (Fsp3) is 0.481. The number of nitrogens with zero attached hydrogens (tertiary/aromatic N) is 1. The Morgan fingerprint density at radius 1 is 1.09 bits per heavy atom. The Morgan fingerprint density at radius 2 is 1.75 bits per heavy atom. The summed E-state index contributed by atoms with van der Waals surface area (Å²) in [6, 6.07) is 16.1. The van der Waals surface area contributed by atoms with Crippen LogP contribution in [0.1, 0.15) is 76.8 Å². The van der Waals surface area contributed by atoms with Gasteiger partial charge in [0.05, 0.1) is 5.75 Å². The number of benzene rings is 2. The van der Waals surface area contributed by atoms with E-state index in [-0.39, 0.29) is 22.6 Å². The number of carbonyl (C=O) groups excluding carboxylic acids is 2. The first kappa shape index (κ1) is 24.4. The molecule has 0 radical (unpaired) electrons. The summed E-state index contributed by atoms with van der Waals surface area (Å²) in [5.41, 5.74) is 4.26. The van der Waals surface area contributed by atoms with Crippen molar-refractivity contribution < 1.29 is 9.59 Å². The summed E-state index contributed by atoms with van der Waals surface area (Å²) < 4.78 is 0. The molecule has 0 aliphatic carbocycles. The largest absolute Gasteiger partial charge is 0.326 e. The van der Waals surface area contributed by atoms with Gasteiger partial charge in [0.25, 0.3) is 0 Å². The number of rotatable bonds is 7. The number of thioether (sulfide) groups is 1. The highest BCUT2D eigenvalue weighted by Crippen LogP contribution is 2.44. The quantitative estimate of drug-likeness (QED) is 0.492. The van der Waals surface area contributed by atoms with E-state index in [1.165, 1.54) is 5.56 Å². The second-order valence-corrected chi connectivity index (χ2v) is 11.5. The normalized spacial score (nSPS) is 17.7. The van der Waals surface area contributed by atoms with Crippen LogP contribution in [0.3, 0.4) is 0 Å². The predicted molar refractivity (Wildman–Crippen MR) is 136 cm³/mol. The second kappa shape index (κ2) is 10.1. The maximum Gasteiger partial charge on any atom is 0.238 e. The van der Waals surface area contributed by atoms with Gasteiger partial charge in [-0.3, -0.25) is 14.5 Å². The fourth-order valence-electron chi connectivity index (χ4n) is 4.50. The van der Waals surface area contributed by atoms with Gasteiger partial charge in [-0.05, 0) is 53.0 Å². The van der Waals surface area contributed by atoms with E-state index in [1.807, 2.05) is 47.4 Å². The third kappa shape index (κ3) is 6.16. The molecule has 2 aromatic carbocycles. The van der Waals surface area contributed by atoms with Crippen molar-refractivity contribution >= 4 is 35.0 Å². The topological polar surface area (TPSA) is 49.4 Å². The predicted octanol–water partition coefficient (Wildman–Crippen LogP) is 6.99. The Bertz CT molecular complexity index is 947. The molecule has 0 spiro atoms. The molecule has 32 heavy (non-hydrogen) atoms. The van der Waals surface area contributed by atoms with Gasteiger partial charge in [0.2, 0.25) is 11.8 Å². The molecule has 1 saturated heterocycles. The molecule has 0 unspecified atom stereocenters. The zero-order valence-electron chi connectivity index (χ0n) is 20.1. The highest BCUT2D eigenvalue weighted by atomic mass is 32.2. The minimum absolute atomic E-state index is 0.0485. The maximum absolute atomic E-state index is 12.8. The Balaban J connectivity index is 1.71. The fourth-order valence-corrected chi connectivity index (χ4v) is 5.67. The van der Waals surface area contributed by atoms with E-state index in [0.717, 1.165) is 23.4 Å². The lowest BCUT2D eigenvalue weighted by Crippen LogP contribution is -2.29. The van der Waals surface area contributed by atoms with Crippen molar-refractivity contribution in [2.75, 3.05) is 16.0 Å². The Morgan fingerprint density at radius 3 is 2.38 bits per heavy atom. The van der Waals surface area contributed by atoms with Gasteiger partial charge in [-0.2, -0.15) is 0 Å². The van der Waals surface area contributed by atoms with Gasteiger partial charge in [0.1, 0.15) is 5.37 Å². The van der Waals surface area contributed by atoms with Gasteiger partial charge < -0.3 is 5.32 Å². The average Bonchev–Trinajstić information content (AvgIpc) is 3.08. The summed E-state index contributed by atoms with van der Waals surface area (Å²) in [4.78, 5) is 27.2. The molecule has 1 heterocycles. The number of hydrogen-bond acceptors (Lipinski definition) is 3. The summed E-state index contributed by atoms with van der Waals surface area (Å²) in [7, 11) is 0. The summed E-state index contributed by atoms with van der Waals surface area (Å²) in [6.07, 6.45) is 1.53. The molecule has 0 bridgehead atoms. The van der Waals surface area contributed by atoms with Crippen molar-refractivity contribution in [3.8, 4) is 0 Å². The van der Waals surface area contributed by atoms with Crippen LogP contribution in [0, 0.1) is 11.3 Å². The third-order valence-electron chi connectivity index (χ3n) is 5.66. The first-order valence-corrected chi connectivity index (χ1v) is 12.5. The molecule has 0 aromatic heterocycles. The van der Waals surface area contributed by atoms with E-state index in [0.29, 0.717) is 24.0 Å². The minimum atomic E-state index is -0.0565.